The maximum atomic E-state index is 6.05. The lowest BCUT2D eigenvalue weighted by Crippen LogP contribution is -2.13. The molecule has 88 valence electrons. The van der Waals surface area contributed by atoms with E-state index in [1.54, 1.807) is 0 Å². The van der Waals surface area contributed by atoms with Crippen LogP contribution in [0.5, 0.6) is 5.75 Å². The van der Waals surface area contributed by atoms with E-state index < -0.39 is 0 Å². The molecule has 2 aromatic rings. The second-order valence-corrected chi connectivity index (χ2v) is 4.66. The fraction of sp³-hybridized carbons (Fsp3) is 0.400. The van der Waals surface area contributed by atoms with Crippen LogP contribution in [0, 0.1) is 0 Å². The molecule has 1 aliphatic heterocycles. The van der Waals surface area contributed by atoms with Crippen molar-refractivity contribution in [2.24, 2.45) is 0 Å². The maximum Gasteiger partial charge on any atom is 0.141 e. The molecule has 0 aliphatic carbocycles. The molecule has 2 heterocycles. The smallest absolute Gasteiger partial charge is 0.141 e. The zero-order valence-electron chi connectivity index (χ0n) is 10.1. The Morgan fingerprint density at radius 2 is 2.24 bits per heavy atom. The van der Waals surface area contributed by atoms with Gasteiger partial charge < -0.3 is 4.74 Å². The normalized spacial score (nSPS) is 19.5. The molecule has 1 aromatic heterocycles. The fourth-order valence-electron chi connectivity index (χ4n) is 2.57. The van der Waals surface area contributed by atoms with Crippen molar-refractivity contribution in [1.29, 1.82) is 0 Å². The van der Waals surface area contributed by atoms with Crippen LogP contribution in [-0.4, -0.2) is 11.1 Å². The van der Waals surface area contributed by atoms with Crippen LogP contribution in [0.1, 0.15) is 31.7 Å². The molecule has 3 rings (SSSR count). The number of fused-ring (bicyclic) bond motifs is 3. The monoisotopic (exact) mass is 227 g/mol. The summed E-state index contributed by atoms with van der Waals surface area (Å²) in [5.74, 6) is 0.994. The van der Waals surface area contributed by atoms with Crippen molar-refractivity contribution < 1.29 is 4.74 Å². The Labute approximate surface area is 102 Å². The third-order valence-corrected chi connectivity index (χ3v) is 3.55. The standard InChI is InChI=1S/C15H17NO/c1-2-11-6-5-8-13-12-7-3-4-9-14(12)16-10-15(13)17-11/h3-4,7,9-11H,2,5-6,8H2,1H3/t11-/m1/s1. The first-order valence-electron chi connectivity index (χ1n) is 6.41. The van der Waals surface area contributed by atoms with Crippen molar-refractivity contribution in [3.05, 3.63) is 36.0 Å². The van der Waals surface area contributed by atoms with E-state index in [0.29, 0.717) is 6.10 Å². The van der Waals surface area contributed by atoms with Gasteiger partial charge in [-0.15, -0.1) is 0 Å². The van der Waals surface area contributed by atoms with Gasteiger partial charge in [-0.2, -0.15) is 0 Å². The Hall–Kier alpha value is -1.57. The van der Waals surface area contributed by atoms with E-state index in [9.17, 15) is 0 Å². The molecule has 0 N–H and O–H groups in total. The maximum absolute atomic E-state index is 6.05. The van der Waals surface area contributed by atoms with E-state index in [1.807, 2.05) is 12.3 Å². The average Bonchev–Trinajstić information content (AvgIpc) is 2.60. The predicted octanol–water partition coefficient (Wildman–Crippen LogP) is 3.73. The van der Waals surface area contributed by atoms with Gasteiger partial charge in [0.1, 0.15) is 5.75 Å². The number of nitrogens with zero attached hydrogens (tertiary/aromatic N) is 1. The topological polar surface area (TPSA) is 22.1 Å². The van der Waals surface area contributed by atoms with E-state index in [1.165, 1.54) is 17.4 Å². The molecule has 1 aromatic carbocycles. The van der Waals surface area contributed by atoms with Crippen LogP contribution in [0.4, 0.5) is 0 Å². The molecule has 1 aliphatic rings. The van der Waals surface area contributed by atoms with Crippen molar-refractivity contribution in [3.63, 3.8) is 0 Å². The minimum Gasteiger partial charge on any atom is -0.489 e. The lowest BCUT2D eigenvalue weighted by molar-refractivity contribution is 0.191. The van der Waals surface area contributed by atoms with Gasteiger partial charge in [-0.25, -0.2) is 0 Å². The predicted molar refractivity (Wildman–Crippen MR) is 69.4 cm³/mol. The summed E-state index contributed by atoms with van der Waals surface area (Å²) >= 11 is 0. The van der Waals surface area contributed by atoms with Gasteiger partial charge >= 0.3 is 0 Å². The second-order valence-electron chi connectivity index (χ2n) is 4.66. The molecule has 2 heteroatoms. The number of rotatable bonds is 1. The summed E-state index contributed by atoms with van der Waals surface area (Å²) in [6.45, 7) is 2.18. The third-order valence-electron chi connectivity index (χ3n) is 3.55. The average molecular weight is 227 g/mol. The van der Waals surface area contributed by atoms with Gasteiger partial charge in [-0.3, -0.25) is 4.98 Å². The molecule has 2 nitrogen and oxygen atoms in total. The number of ether oxygens (including phenoxy) is 1. The molecule has 1 atom stereocenters. The summed E-state index contributed by atoms with van der Waals surface area (Å²) in [6, 6.07) is 8.33. The Morgan fingerprint density at radius 1 is 1.35 bits per heavy atom. The zero-order chi connectivity index (χ0) is 11.7. The molecule has 0 fully saturated rings. The van der Waals surface area contributed by atoms with Crippen molar-refractivity contribution >= 4 is 10.9 Å². The Morgan fingerprint density at radius 3 is 3.12 bits per heavy atom. The highest BCUT2D eigenvalue weighted by molar-refractivity contribution is 5.84. The molecular weight excluding hydrogens is 210 g/mol. The largest absolute Gasteiger partial charge is 0.489 e. The lowest BCUT2D eigenvalue weighted by Gasteiger charge is -2.15. The van der Waals surface area contributed by atoms with Crippen LogP contribution in [0.3, 0.4) is 0 Å². The van der Waals surface area contributed by atoms with Gasteiger partial charge in [-0.05, 0) is 31.7 Å². The number of aromatic nitrogens is 1. The number of para-hydroxylation sites is 1. The molecule has 0 radical (unpaired) electrons. The quantitative estimate of drug-likeness (QED) is 0.740. The second kappa shape index (κ2) is 4.36. The number of hydrogen-bond donors (Lipinski definition) is 0. The van der Waals surface area contributed by atoms with Crippen LogP contribution in [0.25, 0.3) is 10.9 Å². The Balaban J connectivity index is 2.13. The number of hydrogen-bond acceptors (Lipinski definition) is 2. The number of aryl methyl sites for hydroxylation is 1. The minimum atomic E-state index is 0.360. The van der Waals surface area contributed by atoms with Crippen molar-refractivity contribution in [1.82, 2.24) is 4.98 Å². The molecule has 0 unspecified atom stereocenters. The molecular formula is C15H17NO. The summed E-state index contributed by atoms with van der Waals surface area (Å²) in [7, 11) is 0. The van der Waals surface area contributed by atoms with Crippen LogP contribution in [-0.2, 0) is 6.42 Å². The van der Waals surface area contributed by atoms with Crippen molar-refractivity contribution in [2.75, 3.05) is 0 Å². The molecule has 17 heavy (non-hydrogen) atoms. The first kappa shape index (κ1) is 10.6. The van der Waals surface area contributed by atoms with E-state index in [-0.39, 0.29) is 0 Å². The highest BCUT2D eigenvalue weighted by Gasteiger charge is 2.18. The van der Waals surface area contributed by atoms with Gasteiger partial charge in [0, 0.05) is 10.9 Å². The highest BCUT2D eigenvalue weighted by Crippen LogP contribution is 2.32. The minimum absolute atomic E-state index is 0.360. The number of benzene rings is 1. The lowest BCUT2D eigenvalue weighted by atomic mass is 10.0. The van der Waals surface area contributed by atoms with Gasteiger partial charge in [0.25, 0.3) is 0 Å². The third kappa shape index (κ3) is 1.88. The highest BCUT2D eigenvalue weighted by atomic mass is 16.5. The van der Waals surface area contributed by atoms with Gasteiger partial charge in [0.05, 0.1) is 17.8 Å². The fourth-order valence-corrected chi connectivity index (χ4v) is 2.57. The van der Waals surface area contributed by atoms with Crippen molar-refractivity contribution in [3.8, 4) is 5.75 Å². The van der Waals surface area contributed by atoms with Crippen LogP contribution in [0.15, 0.2) is 30.5 Å². The molecule has 0 saturated carbocycles. The van der Waals surface area contributed by atoms with Gasteiger partial charge in [0.2, 0.25) is 0 Å². The first-order valence-corrected chi connectivity index (χ1v) is 6.41. The molecule has 0 saturated heterocycles. The molecule has 0 amide bonds. The summed E-state index contributed by atoms with van der Waals surface area (Å²) in [5.41, 5.74) is 2.41. The van der Waals surface area contributed by atoms with Crippen molar-refractivity contribution in [2.45, 2.75) is 38.7 Å². The van der Waals surface area contributed by atoms with E-state index in [0.717, 1.165) is 30.5 Å². The Bertz CT molecular complexity index is 535. The van der Waals surface area contributed by atoms with E-state index >= 15 is 0 Å². The van der Waals surface area contributed by atoms with Crippen LogP contribution in [0.2, 0.25) is 0 Å². The van der Waals surface area contributed by atoms with E-state index in [2.05, 4.69) is 30.1 Å². The molecule has 0 bridgehead atoms. The summed E-state index contributed by atoms with van der Waals surface area (Å²) in [6.07, 6.45) is 6.80. The number of pyridine rings is 1. The van der Waals surface area contributed by atoms with Gasteiger partial charge in [-0.1, -0.05) is 25.1 Å². The van der Waals surface area contributed by atoms with Crippen LogP contribution < -0.4 is 4.74 Å². The first-order chi connectivity index (χ1) is 8.38. The van der Waals surface area contributed by atoms with E-state index in [4.69, 9.17) is 4.74 Å². The summed E-state index contributed by atoms with van der Waals surface area (Å²) < 4.78 is 6.05. The Kier molecular flexibility index (Phi) is 2.71. The van der Waals surface area contributed by atoms with Gasteiger partial charge in [0.15, 0.2) is 0 Å². The molecule has 0 spiro atoms. The zero-order valence-corrected chi connectivity index (χ0v) is 10.1. The summed E-state index contributed by atoms with van der Waals surface area (Å²) in [4.78, 5) is 4.48. The van der Waals surface area contributed by atoms with Crippen LogP contribution >= 0.6 is 0 Å². The SMILES string of the molecule is CC[C@@H]1CCCc2c(cnc3ccccc23)O1. The summed E-state index contributed by atoms with van der Waals surface area (Å²) in [5, 5.41) is 1.25.